The summed E-state index contributed by atoms with van der Waals surface area (Å²) >= 11 is 0. The monoisotopic (exact) mass is 353 g/mol. The average molecular weight is 353 g/mol. The molecule has 0 amide bonds. The van der Waals surface area contributed by atoms with Crippen molar-refractivity contribution in [3.8, 4) is 34.7 Å². The van der Waals surface area contributed by atoms with E-state index in [1.54, 1.807) is 0 Å². The summed E-state index contributed by atoms with van der Waals surface area (Å²) in [6.07, 6.45) is 0.132. The highest BCUT2D eigenvalue weighted by Gasteiger charge is 2.09. The Bertz CT molecular complexity index is 1080. The molecule has 1 aromatic heterocycles. The SMILES string of the molecule is N#Cc1ccccc1-c1ccc(COc2nnc(-c3ccccc3)o2)cc1. The molecular weight excluding hydrogens is 338 g/mol. The summed E-state index contributed by atoms with van der Waals surface area (Å²) < 4.78 is 11.1. The molecule has 0 aliphatic rings. The number of aromatic nitrogens is 2. The molecule has 3 aromatic carbocycles. The number of ether oxygens (including phenoxy) is 1. The van der Waals surface area contributed by atoms with Gasteiger partial charge in [0.1, 0.15) is 6.61 Å². The fraction of sp³-hybridized carbons (Fsp3) is 0.0455. The van der Waals surface area contributed by atoms with Crippen LogP contribution in [-0.2, 0) is 6.61 Å². The summed E-state index contributed by atoms with van der Waals surface area (Å²) in [6, 6.07) is 27.1. The molecule has 4 aromatic rings. The predicted octanol–water partition coefficient (Wildman–Crippen LogP) is 4.85. The van der Waals surface area contributed by atoms with Gasteiger partial charge in [-0.15, -0.1) is 5.10 Å². The van der Waals surface area contributed by atoms with E-state index in [-0.39, 0.29) is 6.08 Å². The lowest BCUT2D eigenvalue weighted by molar-refractivity contribution is 0.222. The lowest BCUT2D eigenvalue weighted by atomic mass is 9.99. The molecular formula is C22H15N3O2. The second kappa shape index (κ2) is 7.54. The van der Waals surface area contributed by atoms with E-state index in [4.69, 9.17) is 9.15 Å². The van der Waals surface area contributed by atoms with Crippen LogP contribution in [0.1, 0.15) is 11.1 Å². The van der Waals surface area contributed by atoms with Crippen LogP contribution in [0.5, 0.6) is 6.08 Å². The van der Waals surface area contributed by atoms with Crippen LogP contribution in [0.25, 0.3) is 22.6 Å². The maximum Gasteiger partial charge on any atom is 0.415 e. The summed E-state index contributed by atoms with van der Waals surface area (Å²) in [5, 5.41) is 17.2. The number of hydrogen-bond donors (Lipinski definition) is 0. The van der Waals surface area contributed by atoms with Crippen LogP contribution in [0.2, 0.25) is 0 Å². The van der Waals surface area contributed by atoms with E-state index in [0.717, 1.165) is 22.3 Å². The highest BCUT2D eigenvalue weighted by atomic mass is 16.6. The summed E-state index contributed by atoms with van der Waals surface area (Å²) in [4.78, 5) is 0. The summed E-state index contributed by atoms with van der Waals surface area (Å²) in [7, 11) is 0. The molecule has 1 heterocycles. The number of rotatable bonds is 5. The first-order valence-electron chi connectivity index (χ1n) is 8.43. The first-order chi connectivity index (χ1) is 13.3. The van der Waals surface area contributed by atoms with Crippen LogP contribution < -0.4 is 4.74 Å². The van der Waals surface area contributed by atoms with Gasteiger partial charge >= 0.3 is 6.08 Å². The fourth-order valence-electron chi connectivity index (χ4n) is 2.72. The number of benzene rings is 3. The molecule has 0 saturated carbocycles. The molecule has 27 heavy (non-hydrogen) atoms. The van der Waals surface area contributed by atoms with Gasteiger partial charge in [0.15, 0.2) is 0 Å². The zero-order valence-electron chi connectivity index (χ0n) is 14.4. The highest BCUT2D eigenvalue weighted by Crippen LogP contribution is 2.24. The minimum Gasteiger partial charge on any atom is -0.444 e. The van der Waals surface area contributed by atoms with Gasteiger partial charge in [0.25, 0.3) is 5.89 Å². The Morgan fingerprint density at radius 1 is 0.815 bits per heavy atom. The van der Waals surface area contributed by atoms with Crippen molar-refractivity contribution in [1.29, 1.82) is 5.26 Å². The minimum absolute atomic E-state index is 0.132. The van der Waals surface area contributed by atoms with Crippen molar-refractivity contribution in [1.82, 2.24) is 10.2 Å². The van der Waals surface area contributed by atoms with Crippen LogP contribution in [0.3, 0.4) is 0 Å². The van der Waals surface area contributed by atoms with Gasteiger partial charge in [-0.25, -0.2) is 0 Å². The molecule has 0 unspecified atom stereocenters. The first-order valence-corrected chi connectivity index (χ1v) is 8.43. The van der Waals surface area contributed by atoms with Crippen LogP contribution in [0.4, 0.5) is 0 Å². The Morgan fingerprint density at radius 2 is 1.56 bits per heavy atom. The summed E-state index contributed by atoms with van der Waals surface area (Å²) in [6.45, 7) is 0.316. The van der Waals surface area contributed by atoms with Crippen molar-refractivity contribution in [2.24, 2.45) is 0 Å². The van der Waals surface area contributed by atoms with E-state index in [1.807, 2.05) is 78.9 Å². The number of nitriles is 1. The molecule has 0 spiro atoms. The molecule has 5 heteroatoms. The van der Waals surface area contributed by atoms with Crippen molar-refractivity contribution in [3.05, 3.63) is 90.0 Å². The molecule has 0 bridgehead atoms. The topological polar surface area (TPSA) is 71.9 Å². The largest absolute Gasteiger partial charge is 0.444 e. The highest BCUT2D eigenvalue weighted by molar-refractivity contribution is 5.70. The van der Waals surface area contributed by atoms with Crippen molar-refractivity contribution in [3.63, 3.8) is 0 Å². The molecule has 0 radical (unpaired) electrons. The second-order valence-corrected chi connectivity index (χ2v) is 5.88. The van der Waals surface area contributed by atoms with Gasteiger partial charge in [-0.3, -0.25) is 0 Å². The molecule has 0 saturated heterocycles. The van der Waals surface area contributed by atoms with Crippen molar-refractivity contribution in [2.45, 2.75) is 6.61 Å². The summed E-state index contributed by atoms with van der Waals surface area (Å²) in [5.74, 6) is 0.425. The van der Waals surface area contributed by atoms with Gasteiger partial charge in [-0.2, -0.15) is 5.26 Å². The van der Waals surface area contributed by atoms with Gasteiger partial charge in [-0.1, -0.05) is 65.8 Å². The second-order valence-electron chi connectivity index (χ2n) is 5.88. The van der Waals surface area contributed by atoms with Crippen LogP contribution in [0, 0.1) is 11.3 Å². The third-order valence-electron chi connectivity index (χ3n) is 4.10. The normalized spacial score (nSPS) is 10.3. The zero-order chi connectivity index (χ0) is 18.5. The molecule has 0 atom stereocenters. The van der Waals surface area contributed by atoms with Gasteiger partial charge in [0.05, 0.1) is 11.6 Å². The zero-order valence-corrected chi connectivity index (χ0v) is 14.4. The minimum atomic E-state index is 0.132. The maximum atomic E-state index is 9.24. The Morgan fingerprint density at radius 3 is 2.33 bits per heavy atom. The molecule has 4 rings (SSSR count). The average Bonchev–Trinajstić information content (AvgIpc) is 3.22. The van der Waals surface area contributed by atoms with Crippen LogP contribution in [0.15, 0.2) is 83.3 Å². The number of nitrogens with zero attached hydrogens (tertiary/aromatic N) is 3. The molecule has 0 aliphatic heterocycles. The standard InChI is InChI=1S/C22H15N3O2/c23-14-19-8-4-5-9-20(19)17-12-10-16(11-13-17)15-26-22-25-24-21(27-22)18-6-2-1-3-7-18/h1-13H,15H2. The van der Waals surface area contributed by atoms with Gasteiger partial charge < -0.3 is 9.15 Å². The fourth-order valence-corrected chi connectivity index (χ4v) is 2.72. The van der Waals surface area contributed by atoms with Crippen LogP contribution in [-0.4, -0.2) is 10.2 Å². The van der Waals surface area contributed by atoms with E-state index in [1.165, 1.54) is 0 Å². The van der Waals surface area contributed by atoms with Gasteiger partial charge in [0.2, 0.25) is 0 Å². The van der Waals surface area contributed by atoms with Crippen molar-refractivity contribution >= 4 is 0 Å². The smallest absolute Gasteiger partial charge is 0.415 e. The van der Waals surface area contributed by atoms with Crippen molar-refractivity contribution in [2.75, 3.05) is 0 Å². The predicted molar refractivity (Wildman–Crippen MR) is 101 cm³/mol. The molecule has 0 fully saturated rings. The van der Waals surface area contributed by atoms with E-state index < -0.39 is 0 Å². The maximum absolute atomic E-state index is 9.24. The molecule has 0 aliphatic carbocycles. The van der Waals surface area contributed by atoms with Gasteiger partial charge in [0, 0.05) is 5.56 Å². The summed E-state index contributed by atoms with van der Waals surface area (Å²) in [5.41, 5.74) is 4.37. The number of hydrogen-bond acceptors (Lipinski definition) is 5. The molecule has 0 N–H and O–H groups in total. The Hall–Kier alpha value is -3.91. The first kappa shape index (κ1) is 16.6. The lowest BCUT2D eigenvalue weighted by Crippen LogP contribution is -1.95. The van der Waals surface area contributed by atoms with Gasteiger partial charge in [-0.05, 0) is 34.9 Å². The van der Waals surface area contributed by atoms with Crippen LogP contribution >= 0.6 is 0 Å². The van der Waals surface area contributed by atoms with E-state index in [2.05, 4.69) is 16.3 Å². The van der Waals surface area contributed by atoms with E-state index >= 15 is 0 Å². The lowest BCUT2D eigenvalue weighted by Gasteiger charge is -2.06. The molecule has 5 nitrogen and oxygen atoms in total. The van der Waals surface area contributed by atoms with E-state index in [9.17, 15) is 5.26 Å². The third kappa shape index (κ3) is 3.70. The quantitative estimate of drug-likeness (QED) is 0.512. The molecule has 130 valence electrons. The van der Waals surface area contributed by atoms with Crippen molar-refractivity contribution < 1.29 is 9.15 Å². The van der Waals surface area contributed by atoms with E-state index in [0.29, 0.717) is 18.1 Å². The Labute approximate surface area is 156 Å². The Kier molecular flexibility index (Phi) is 4.62. The third-order valence-corrected chi connectivity index (χ3v) is 4.10. The Balaban J connectivity index is 1.44.